The summed E-state index contributed by atoms with van der Waals surface area (Å²) in [4.78, 5) is 0. The highest BCUT2D eigenvalue weighted by atomic mass is 16.5. The minimum atomic E-state index is -1.27. The summed E-state index contributed by atoms with van der Waals surface area (Å²) in [6, 6.07) is 7.59. The lowest BCUT2D eigenvalue weighted by molar-refractivity contribution is 0.226. The molecule has 6 N–H and O–H groups in total. The molecule has 0 aromatic heterocycles. The van der Waals surface area contributed by atoms with Crippen molar-refractivity contribution in [1.29, 1.82) is 0 Å². The van der Waals surface area contributed by atoms with Crippen LogP contribution in [0.25, 0.3) is 0 Å². The van der Waals surface area contributed by atoms with Crippen molar-refractivity contribution in [2.24, 2.45) is 17.2 Å². The topological polar surface area (TPSA) is 87.3 Å². The zero-order valence-corrected chi connectivity index (χ0v) is 7.66. The average Bonchev–Trinajstić information content (AvgIpc) is 2.02. The molecule has 1 aromatic rings. The fraction of sp³-hybridized carbons (Fsp3) is 0.333. The molecule has 0 radical (unpaired) electrons. The molecule has 4 heteroatoms. The summed E-state index contributed by atoms with van der Waals surface area (Å²) in [6.45, 7) is 2.10. The van der Waals surface area contributed by atoms with E-state index in [0.29, 0.717) is 0 Å². The molecule has 0 saturated heterocycles. The Morgan fingerprint density at radius 1 is 1.15 bits per heavy atom. The Bertz CT molecular complexity index is 263. The van der Waals surface area contributed by atoms with Crippen molar-refractivity contribution in [2.75, 3.05) is 6.61 Å². The Morgan fingerprint density at radius 3 is 2.15 bits per heavy atom. The van der Waals surface area contributed by atoms with E-state index in [1.54, 1.807) is 0 Å². The smallest absolute Gasteiger partial charge is 0.151 e. The first kappa shape index (κ1) is 9.98. The van der Waals surface area contributed by atoms with Crippen molar-refractivity contribution in [3.8, 4) is 5.75 Å². The van der Waals surface area contributed by atoms with Gasteiger partial charge in [0.1, 0.15) is 12.4 Å². The maximum atomic E-state index is 5.34. The van der Waals surface area contributed by atoms with Gasteiger partial charge in [-0.2, -0.15) is 0 Å². The molecule has 1 rings (SSSR count). The number of benzene rings is 1. The minimum absolute atomic E-state index is 0.0933. The van der Waals surface area contributed by atoms with Gasteiger partial charge in [-0.1, -0.05) is 17.7 Å². The number of nitrogens with two attached hydrogens (primary N) is 3. The zero-order valence-electron chi connectivity index (χ0n) is 7.66. The molecule has 0 amide bonds. The third kappa shape index (κ3) is 3.89. The molecule has 0 fully saturated rings. The monoisotopic (exact) mass is 181 g/mol. The molecule has 0 aliphatic rings. The molecule has 0 aliphatic carbocycles. The number of hydrogen-bond donors (Lipinski definition) is 3. The summed E-state index contributed by atoms with van der Waals surface area (Å²) in [7, 11) is 0. The molecule has 0 atom stereocenters. The first-order chi connectivity index (χ1) is 5.97. The lowest BCUT2D eigenvalue weighted by atomic mass is 10.2. The van der Waals surface area contributed by atoms with Crippen LogP contribution in [0.5, 0.6) is 5.75 Å². The van der Waals surface area contributed by atoms with Crippen molar-refractivity contribution in [3.63, 3.8) is 0 Å². The maximum Gasteiger partial charge on any atom is 0.151 e. The van der Waals surface area contributed by atoms with Crippen LogP contribution < -0.4 is 21.9 Å². The number of ether oxygens (including phenoxy) is 1. The van der Waals surface area contributed by atoms with E-state index in [4.69, 9.17) is 21.9 Å². The summed E-state index contributed by atoms with van der Waals surface area (Å²) >= 11 is 0. The van der Waals surface area contributed by atoms with Crippen LogP contribution >= 0.6 is 0 Å². The van der Waals surface area contributed by atoms with Crippen molar-refractivity contribution in [3.05, 3.63) is 29.8 Å². The zero-order chi connectivity index (χ0) is 9.90. The van der Waals surface area contributed by atoms with Gasteiger partial charge in [-0.25, -0.2) is 0 Å². The van der Waals surface area contributed by atoms with E-state index in [0.717, 1.165) is 5.75 Å². The summed E-state index contributed by atoms with van der Waals surface area (Å²) < 4.78 is 5.25. The first-order valence-electron chi connectivity index (χ1n) is 4.03. The first-order valence-corrected chi connectivity index (χ1v) is 4.03. The van der Waals surface area contributed by atoms with E-state index in [1.807, 2.05) is 31.2 Å². The van der Waals surface area contributed by atoms with Crippen molar-refractivity contribution in [2.45, 2.75) is 12.7 Å². The van der Waals surface area contributed by atoms with Crippen LogP contribution in [0, 0.1) is 6.92 Å². The molecule has 0 heterocycles. The summed E-state index contributed by atoms with van der Waals surface area (Å²) in [5.74, 6) is -0.554. The largest absolute Gasteiger partial charge is 0.489 e. The van der Waals surface area contributed by atoms with Crippen LogP contribution in [0.4, 0.5) is 0 Å². The second-order valence-corrected chi connectivity index (χ2v) is 3.21. The lowest BCUT2D eigenvalue weighted by Crippen LogP contribution is -2.62. The summed E-state index contributed by atoms with van der Waals surface area (Å²) in [6.07, 6.45) is 0. The molecular weight excluding hydrogens is 166 g/mol. The second kappa shape index (κ2) is 3.74. The average molecular weight is 181 g/mol. The van der Waals surface area contributed by atoms with Gasteiger partial charge in [-0.3, -0.25) is 17.2 Å². The minimum Gasteiger partial charge on any atom is -0.489 e. The third-order valence-electron chi connectivity index (χ3n) is 1.51. The van der Waals surface area contributed by atoms with Crippen molar-refractivity contribution in [1.82, 2.24) is 0 Å². The molecule has 0 bridgehead atoms. The van der Waals surface area contributed by atoms with Crippen molar-refractivity contribution < 1.29 is 4.74 Å². The van der Waals surface area contributed by atoms with Crippen LogP contribution in [0.15, 0.2) is 24.3 Å². The summed E-state index contributed by atoms with van der Waals surface area (Å²) in [5.41, 5.74) is 17.2. The lowest BCUT2D eigenvalue weighted by Gasteiger charge is -2.18. The highest BCUT2D eigenvalue weighted by Gasteiger charge is 2.11. The number of rotatable bonds is 3. The predicted octanol–water partition coefficient (Wildman–Crippen LogP) is -0.0963. The molecule has 0 unspecified atom stereocenters. The Kier molecular flexibility index (Phi) is 2.87. The highest BCUT2D eigenvalue weighted by molar-refractivity contribution is 5.26. The molecule has 1 aromatic carbocycles. The Balaban J connectivity index is 2.51. The Hall–Kier alpha value is -1.10. The van der Waals surface area contributed by atoms with Crippen LogP contribution in [0.1, 0.15) is 5.56 Å². The second-order valence-electron chi connectivity index (χ2n) is 3.21. The van der Waals surface area contributed by atoms with Gasteiger partial charge in [0, 0.05) is 0 Å². The number of hydrogen-bond acceptors (Lipinski definition) is 4. The van der Waals surface area contributed by atoms with Crippen LogP contribution in [0.3, 0.4) is 0 Å². The molecule has 13 heavy (non-hydrogen) atoms. The Morgan fingerprint density at radius 2 is 1.69 bits per heavy atom. The molecular formula is C9H15N3O. The standard InChI is InChI=1S/C9H15N3O/c1-7-2-4-8(5-3-7)13-6-9(10,11)12/h2-5H,6,10-12H2,1H3. The molecule has 0 spiro atoms. The third-order valence-corrected chi connectivity index (χ3v) is 1.51. The van der Waals surface area contributed by atoms with E-state index in [-0.39, 0.29) is 6.61 Å². The molecule has 0 saturated carbocycles. The highest BCUT2D eigenvalue weighted by Crippen LogP contribution is 2.11. The van der Waals surface area contributed by atoms with Gasteiger partial charge >= 0.3 is 0 Å². The summed E-state index contributed by atoms with van der Waals surface area (Å²) in [5, 5.41) is 0. The fourth-order valence-electron chi connectivity index (χ4n) is 0.843. The van der Waals surface area contributed by atoms with Gasteiger partial charge in [0.2, 0.25) is 0 Å². The van der Waals surface area contributed by atoms with E-state index < -0.39 is 5.79 Å². The number of aryl methyl sites for hydroxylation is 1. The quantitative estimate of drug-likeness (QED) is 0.568. The van der Waals surface area contributed by atoms with Gasteiger partial charge in [0.25, 0.3) is 0 Å². The van der Waals surface area contributed by atoms with Crippen molar-refractivity contribution >= 4 is 0 Å². The maximum absolute atomic E-state index is 5.34. The molecule has 4 nitrogen and oxygen atoms in total. The normalized spacial score (nSPS) is 11.4. The van der Waals surface area contributed by atoms with E-state index in [2.05, 4.69) is 0 Å². The van der Waals surface area contributed by atoms with Gasteiger partial charge in [-0.15, -0.1) is 0 Å². The SMILES string of the molecule is Cc1ccc(OCC(N)(N)N)cc1. The van der Waals surface area contributed by atoms with Gasteiger partial charge in [-0.05, 0) is 19.1 Å². The predicted molar refractivity (Wildman–Crippen MR) is 52.0 cm³/mol. The van der Waals surface area contributed by atoms with Crippen LogP contribution in [0.2, 0.25) is 0 Å². The van der Waals surface area contributed by atoms with Gasteiger partial charge < -0.3 is 4.74 Å². The fourth-order valence-corrected chi connectivity index (χ4v) is 0.843. The van der Waals surface area contributed by atoms with E-state index in [1.165, 1.54) is 5.56 Å². The van der Waals surface area contributed by atoms with E-state index >= 15 is 0 Å². The molecule has 0 aliphatic heterocycles. The van der Waals surface area contributed by atoms with Crippen LogP contribution in [-0.2, 0) is 0 Å². The van der Waals surface area contributed by atoms with E-state index in [9.17, 15) is 0 Å². The Labute approximate surface area is 77.7 Å². The van der Waals surface area contributed by atoms with Gasteiger partial charge in [0.05, 0.1) is 0 Å². The molecule has 72 valence electrons. The van der Waals surface area contributed by atoms with Gasteiger partial charge in [0.15, 0.2) is 5.79 Å². The van der Waals surface area contributed by atoms with Crippen LogP contribution in [-0.4, -0.2) is 12.4 Å².